The number of benzene rings is 10. The second-order valence-corrected chi connectivity index (χ2v) is 16.1. The maximum atomic E-state index is 5.43. The Balaban J connectivity index is 0.993. The summed E-state index contributed by atoms with van der Waals surface area (Å²) in [6.45, 7) is 0. The first-order chi connectivity index (χ1) is 30.8. The summed E-state index contributed by atoms with van der Waals surface area (Å²) in [5, 5.41) is 10.7. The molecule has 3 aromatic heterocycles. The molecule has 0 atom stereocenters. The van der Waals surface area contributed by atoms with Crippen molar-refractivity contribution in [3.8, 4) is 45.1 Å². The Morgan fingerprint density at radius 1 is 0.290 bits per heavy atom. The molecule has 3 heterocycles. The van der Waals surface area contributed by atoms with E-state index in [0.717, 1.165) is 55.5 Å². The molecule has 62 heavy (non-hydrogen) atoms. The van der Waals surface area contributed by atoms with Crippen LogP contribution in [0, 0.1) is 0 Å². The second kappa shape index (κ2) is 13.6. The SMILES string of the molecule is c1ccc(-n2c3ccccc3c3c(-c4cccc5c4c4ccccc4n5-c4ccc(-c5nc(-c6cccc7ccccc67)c6c(ccc7ccccc76)n5)cc4)cccc32)cc1. The standard InChI is InChI=1S/C58H36N4/c1-2-18-40(19-3-1)61-50-27-10-8-22-47(50)54-44(24-13-29-52(54)61)45-25-14-30-53-55(45)48-23-9-11-28-51(48)62(53)41-34-31-39(32-35-41)58-59-49-36-33-38-16-5-7-21-43(38)56(49)57(60-58)46-26-12-17-37-15-4-6-20-42(37)46/h1-36H. The molecule has 0 bridgehead atoms. The lowest BCUT2D eigenvalue weighted by molar-refractivity contribution is 1.17. The van der Waals surface area contributed by atoms with Crippen molar-refractivity contribution in [1.82, 2.24) is 19.1 Å². The van der Waals surface area contributed by atoms with E-state index in [1.165, 1.54) is 59.9 Å². The minimum absolute atomic E-state index is 0.703. The Labute approximate surface area is 357 Å². The first kappa shape index (κ1) is 34.5. The van der Waals surface area contributed by atoms with E-state index < -0.39 is 0 Å². The van der Waals surface area contributed by atoms with Gasteiger partial charge in [0, 0.05) is 49.4 Å². The number of hydrogen-bond donors (Lipinski definition) is 0. The van der Waals surface area contributed by atoms with Gasteiger partial charge in [0.2, 0.25) is 0 Å². The quantitative estimate of drug-likeness (QED) is 0.163. The third-order valence-electron chi connectivity index (χ3n) is 12.7. The summed E-state index contributed by atoms with van der Waals surface area (Å²) >= 11 is 0. The summed E-state index contributed by atoms with van der Waals surface area (Å²) in [6.07, 6.45) is 0. The van der Waals surface area contributed by atoms with Crippen LogP contribution in [-0.4, -0.2) is 19.1 Å². The largest absolute Gasteiger partial charge is 0.309 e. The van der Waals surface area contributed by atoms with Crippen LogP contribution in [0.2, 0.25) is 0 Å². The maximum Gasteiger partial charge on any atom is 0.160 e. The van der Waals surface area contributed by atoms with Crippen LogP contribution >= 0.6 is 0 Å². The van der Waals surface area contributed by atoms with Gasteiger partial charge in [-0.3, -0.25) is 0 Å². The summed E-state index contributed by atoms with van der Waals surface area (Å²) in [7, 11) is 0. The Morgan fingerprint density at radius 2 is 0.774 bits per heavy atom. The zero-order valence-electron chi connectivity index (χ0n) is 33.6. The van der Waals surface area contributed by atoms with Gasteiger partial charge in [-0.25, -0.2) is 9.97 Å². The molecule has 0 unspecified atom stereocenters. The number of fused-ring (bicyclic) bond motifs is 10. The molecule has 13 rings (SSSR count). The highest BCUT2D eigenvalue weighted by Gasteiger charge is 2.21. The van der Waals surface area contributed by atoms with Gasteiger partial charge in [-0.05, 0) is 99.4 Å². The van der Waals surface area contributed by atoms with E-state index in [4.69, 9.17) is 9.97 Å². The fourth-order valence-electron chi connectivity index (χ4n) is 10.0. The monoisotopic (exact) mass is 788 g/mol. The van der Waals surface area contributed by atoms with E-state index in [1.54, 1.807) is 0 Å². The van der Waals surface area contributed by atoms with E-state index in [2.05, 4.69) is 228 Å². The van der Waals surface area contributed by atoms with Crippen molar-refractivity contribution >= 4 is 76.1 Å². The number of para-hydroxylation sites is 3. The predicted molar refractivity (Wildman–Crippen MR) is 260 cm³/mol. The molecule has 0 amide bonds. The average molecular weight is 789 g/mol. The Morgan fingerprint density at radius 3 is 1.44 bits per heavy atom. The molecular weight excluding hydrogens is 753 g/mol. The van der Waals surface area contributed by atoms with Crippen LogP contribution in [0.1, 0.15) is 0 Å². The minimum atomic E-state index is 0.703. The Hall–Kier alpha value is -8.34. The Bertz CT molecular complexity index is 3910. The summed E-state index contributed by atoms with van der Waals surface area (Å²) < 4.78 is 4.80. The fraction of sp³-hybridized carbons (Fsp3) is 0. The predicted octanol–water partition coefficient (Wildman–Crippen LogP) is 15.1. The molecule has 288 valence electrons. The van der Waals surface area contributed by atoms with Crippen LogP contribution in [-0.2, 0) is 0 Å². The lowest BCUT2D eigenvalue weighted by Crippen LogP contribution is -1.98. The van der Waals surface area contributed by atoms with E-state index in [9.17, 15) is 0 Å². The molecule has 13 aromatic rings. The third-order valence-corrected chi connectivity index (χ3v) is 12.7. The normalized spacial score (nSPS) is 11.9. The van der Waals surface area contributed by atoms with Crippen LogP contribution in [0.5, 0.6) is 0 Å². The van der Waals surface area contributed by atoms with Gasteiger partial charge in [0.1, 0.15) is 0 Å². The van der Waals surface area contributed by atoms with Gasteiger partial charge in [-0.15, -0.1) is 0 Å². The van der Waals surface area contributed by atoms with Gasteiger partial charge in [0.25, 0.3) is 0 Å². The smallest absolute Gasteiger partial charge is 0.160 e. The molecule has 0 aliphatic carbocycles. The van der Waals surface area contributed by atoms with Crippen LogP contribution in [0.15, 0.2) is 218 Å². The highest BCUT2D eigenvalue weighted by Crippen LogP contribution is 2.44. The van der Waals surface area contributed by atoms with E-state index in [-0.39, 0.29) is 0 Å². The lowest BCUT2D eigenvalue weighted by Gasteiger charge is -2.14. The molecule has 0 saturated carbocycles. The van der Waals surface area contributed by atoms with Crippen LogP contribution < -0.4 is 0 Å². The van der Waals surface area contributed by atoms with Crippen LogP contribution in [0.4, 0.5) is 0 Å². The van der Waals surface area contributed by atoms with Crippen molar-refractivity contribution < 1.29 is 0 Å². The van der Waals surface area contributed by atoms with Crippen molar-refractivity contribution in [3.63, 3.8) is 0 Å². The summed E-state index contributed by atoms with van der Waals surface area (Å²) in [5.41, 5.74) is 13.3. The molecule has 0 saturated heterocycles. The topological polar surface area (TPSA) is 35.6 Å². The highest BCUT2D eigenvalue weighted by molar-refractivity contribution is 6.22. The minimum Gasteiger partial charge on any atom is -0.309 e. The first-order valence-electron chi connectivity index (χ1n) is 21.2. The Kier molecular flexibility index (Phi) is 7.57. The molecule has 0 aliphatic heterocycles. The van der Waals surface area contributed by atoms with Crippen molar-refractivity contribution in [2.45, 2.75) is 0 Å². The van der Waals surface area contributed by atoms with Gasteiger partial charge in [-0.1, -0.05) is 152 Å². The fourth-order valence-corrected chi connectivity index (χ4v) is 10.0. The zero-order valence-corrected chi connectivity index (χ0v) is 33.6. The molecule has 0 spiro atoms. The van der Waals surface area contributed by atoms with E-state index in [1.807, 2.05) is 0 Å². The molecule has 0 N–H and O–H groups in total. The van der Waals surface area contributed by atoms with Crippen LogP contribution in [0.3, 0.4) is 0 Å². The summed E-state index contributed by atoms with van der Waals surface area (Å²) in [5.74, 6) is 0.703. The third kappa shape index (κ3) is 5.14. The average Bonchev–Trinajstić information content (AvgIpc) is 3.87. The van der Waals surface area contributed by atoms with Gasteiger partial charge in [0.05, 0.1) is 33.3 Å². The molecule has 0 fully saturated rings. The van der Waals surface area contributed by atoms with Crippen molar-refractivity contribution in [3.05, 3.63) is 218 Å². The highest BCUT2D eigenvalue weighted by atomic mass is 15.0. The molecule has 0 radical (unpaired) electrons. The lowest BCUT2D eigenvalue weighted by atomic mass is 9.95. The molecule has 4 heteroatoms. The van der Waals surface area contributed by atoms with Gasteiger partial charge >= 0.3 is 0 Å². The maximum absolute atomic E-state index is 5.43. The number of nitrogens with zero attached hydrogens (tertiary/aromatic N) is 4. The van der Waals surface area contributed by atoms with Crippen LogP contribution in [0.25, 0.3) is 121 Å². The second-order valence-electron chi connectivity index (χ2n) is 16.1. The number of hydrogen-bond acceptors (Lipinski definition) is 2. The van der Waals surface area contributed by atoms with Crippen molar-refractivity contribution in [2.24, 2.45) is 0 Å². The number of rotatable bonds is 5. The first-order valence-corrected chi connectivity index (χ1v) is 21.2. The van der Waals surface area contributed by atoms with Gasteiger partial charge in [-0.2, -0.15) is 0 Å². The van der Waals surface area contributed by atoms with Crippen molar-refractivity contribution in [1.29, 1.82) is 0 Å². The van der Waals surface area contributed by atoms with Gasteiger partial charge in [0.15, 0.2) is 5.82 Å². The number of aromatic nitrogens is 4. The van der Waals surface area contributed by atoms with E-state index in [0.29, 0.717) is 5.82 Å². The molecule has 0 aliphatic rings. The zero-order chi connectivity index (χ0) is 40.7. The molecule has 4 nitrogen and oxygen atoms in total. The summed E-state index contributed by atoms with van der Waals surface area (Å²) in [4.78, 5) is 10.7. The molecular formula is C58H36N4. The molecule has 10 aromatic carbocycles. The van der Waals surface area contributed by atoms with E-state index >= 15 is 0 Å². The van der Waals surface area contributed by atoms with Gasteiger partial charge < -0.3 is 9.13 Å². The van der Waals surface area contributed by atoms with Crippen molar-refractivity contribution in [2.75, 3.05) is 0 Å². The summed E-state index contributed by atoms with van der Waals surface area (Å²) in [6, 6.07) is 78.5.